The van der Waals surface area contributed by atoms with E-state index in [9.17, 15) is 9.59 Å². The lowest BCUT2D eigenvalue weighted by Crippen LogP contribution is -2.46. The Balaban J connectivity index is 2.07. The monoisotopic (exact) mass is 373 g/mol. The highest BCUT2D eigenvalue weighted by molar-refractivity contribution is 5.86. The fraction of sp³-hybridized carbons (Fsp3) is 0.636. The molecule has 1 heterocycles. The number of aromatic nitrogens is 1. The van der Waals surface area contributed by atoms with Crippen LogP contribution >= 0.6 is 0 Å². The first kappa shape index (κ1) is 21.3. The molecule has 0 spiro atoms. The van der Waals surface area contributed by atoms with Crippen molar-refractivity contribution in [2.24, 2.45) is 18.9 Å². The van der Waals surface area contributed by atoms with Crippen LogP contribution in [0.15, 0.2) is 31.0 Å². The Morgan fingerprint density at radius 1 is 1.26 bits per heavy atom. The molecule has 2 amide bonds. The van der Waals surface area contributed by atoms with Gasteiger partial charge in [0, 0.05) is 37.9 Å². The van der Waals surface area contributed by atoms with Crippen LogP contribution in [0.1, 0.15) is 51.6 Å². The van der Waals surface area contributed by atoms with Gasteiger partial charge in [-0.1, -0.05) is 39.2 Å². The lowest BCUT2D eigenvalue weighted by Gasteiger charge is -2.31. The van der Waals surface area contributed by atoms with E-state index >= 15 is 0 Å². The highest BCUT2D eigenvalue weighted by atomic mass is 16.2. The molecule has 1 aliphatic carbocycles. The Labute approximate surface area is 164 Å². The van der Waals surface area contributed by atoms with Crippen molar-refractivity contribution < 1.29 is 9.59 Å². The predicted molar refractivity (Wildman–Crippen MR) is 109 cm³/mol. The van der Waals surface area contributed by atoms with Gasteiger partial charge in [0.05, 0.1) is 6.54 Å². The van der Waals surface area contributed by atoms with Crippen molar-refractivity contribution in [2.75, 3.05) is 19.6 Å². The molecule has 0 aliphatic heterocycles. The standard InChI is InChI=1S/C22H35N3O2/c1-5-13-24(22(27)19-10-7-6-8-11-19)17-21(26)25(15-18(2)3)16-20-12-9-14-23(20)4/h5,9,12,14,18-19H,1,6-8,10-11,13,15-17H2,2-4H3. The van der Waals surface area contributed by atoms with E-state index < -0.39 is 0 Å². The molecule has 0 atom stereocenters. The van der Waals surface area contributed by atoms with E-state index in [1.807, 2.05) is 34.8 Å². The van der Waals surface area contributed by atoms with Gasteiger partial charge in [0.1, 0.15) is 6.54 Å². The SMILES string of the molecule is C=CCN(CC(=O)N(Cc1cccn1C)CC(C)C)C(=O)C1CCCCC1. The first-order valence-electron chi connectivity index (χ1n) is 10.2. The summed E-state index contributed by atoms with van der Waals surface area (Å²) in [6.07, 6.45) is 9.03. The van der Waals surface area contributed by atoms with Crippen molar-refractivity contribution in [1.82, 2.24) is 14.4 Å². The molecule has 0 N–H and O–H groups in total. The fourth-order valence-corrected chi connectivity index (χ4v) is 3.81. The third-order valence-corrected chi connectivity index (χ3v) is 5.28. The summed E-state index contributed by atoms with van der Waals surface area (Å²) < 4.78 is 2.04. The Morgan fingerprint density at radius 3 is 2.52 bits per heavy atom. The first-order valence-corrected chi connectivity index (χ1v) is 10.2. The molecular formula is C22H35N3O2. The minimum atomic E-state index is 0.0101. The highest BCUT2D eigenvalue weighted by Gasteiger charge is 2.28. The predicted octanol–water partition coefficient (Wildman–Crippen LogP) is 3.60. The number of hydrogen-bond donors (Lipinski definition) is 0. The van der Waals surface area contributed by atoms with Gasteiger partial charge in [-0.25, -0.2) is 0 Å². The van der Waals surface area contributed by atoms with Gasteiger partial charge in [0.25, 0.3) is 0 Å². The zero-order valence-electron chi connectivity index (χ0n) is 17.2. The van der Waals surface area contributed by atoms with Crippen LogP contribution in [-0.2, 0) is 23.2 Å². The third-order valence-electron chi connectivity index (χ3n) is 5.28. The number of rotatable bonds is 9. The summed E-state index contributed by atoms with van der Waals surface area (Å²) in [5.41, 5.74) is 1.10. The number of hydrogen-bond acceptors (Lipinski definition) is 2. The topological polar surface area (TPSA) is 45.6 Å². The normalized spacial score (nSPS) is 15.0. The molecular weight excluding hydrogens is 338 g/mol. The summed E-state index contributed by atoms with van der Waals surface area (Å²) in [4.78, 5) is 29.6. The molecule has 2 rings (SSSR count). The van der Waals surface area contributed by atoms with Crippen molar-refractivity contribution in [3.05, 3.63) is 36.7 Å². The van der Waals surface area contributed by atoms with Gasteiger partial charge in [-0.15, -0.1) is 6.58 Å². The van der Waals surface area contributed by atoms with Gasteiger partial charge in [-0.05, 0) is 30.9 Å². The fourth-order valence-electron chi connectivity index (χ4n) is 3.81. The van der Waals surface area contributed by atoms with Crippen molar-refractivity contribution in [1.29, 1.82) is 0 Å². The smallest absolute Gasteiger partial charge is 0.242 e. The maximum atomic E-state index is 13.1. The van der Waals surface area contributed by atoms with Gasteiger partial charge >= 0.3 is 0 Å². The second-order valence-electron chi connectivity index (χ2n) is 8.12. The molecule has 0 bridgehead atoms. The van der Waals surface area contributed by atoms with Crippen LogP contribution in [0.4, 0.5) is 0 Å². The van der Waals surface area contributed by atoms with E-state index in [1.165, 1.54) is 6.42 Å². The molecule has 150 valence electrons. The van der Waals surface area contributed by atoms with Crippen LogP contribution < -0.4 is 0 Å². The summed E-state index contributed by atoms with van der Waals surface area (Å²) in [6.45, 7) is 9.82. The molecule has 1 fully saturated rings. The number of carbonyl (C=O) groups is 2. The maximum Gasteiger partial charge on any atom is 0.242 e. The van der Waals surface area contributed by atoms with E-state index in [0.717, 1.165) is 31.4 Å². The van der Waals surface area contributed by atoms with Gasteiger partial charge in [0.2, 0.25) is 11.8 Å². The highest BCUT2D eigenvalue weighted by Crippen LogP contribution is 2.25. The average molecular weight is 374 g/mol. The van der Waals surface area contributed by atoms with Gasteiger partial charge < -0.3 is 14.4 Å². The van der Waals surface area contributed by atoms with Gasteiger partial charge in [-0.3, -0.25) is 9.59 Å². The van der Waals surface area contributed by atoms with Crippen LogP contribution in [0.3, 0.4) is 0 Å². The Kier molecular flexibility index (Phi) is 8.14. The van der Waals surface area contributed by atoms with Crippen molar-refractivity contribution >= 4 is 11.8 Å². The van der Waals surface area contributed by atoms with Crippen LogP contribution in [0.2, 0.25) is 0 Å². The number of nitrogens with zero attached hydrogens (tertiary/aromatic N) is 3. The number of carbonyl (C=O) groups excluding carboxylic acids is 2. The summed E-state index contributed by atoms with van der Waals surface area (Å²) in [5, 5.41) is 0. The van der Waals surface area contributed by atoms with E-state index in [1.54, 1.807) is 11.0 Å². The molecule has 0 aromatic carbocycles. The molecule has 0 unspecified atom stereocenters. The lowest BCUT2D eigenvalue weighted by molar-refractivity contribution is -0.143. The van der Waals surface area contributed by atoms with Crippen LogP contribution in [0, 0.1) is 11.8 Å². The van der Waals surface area contributed by atoms with Gasteiger partial charge in [0.15, 0.2) is 0 Å². The van der Waals surface area contributed by atoms with E-state index in [0.29, 0.717) is 25.6 Å². The van der Waals surface area contributed by atoms with Crippen LogP contribution in [0.5, 0.6) is 0 Å². The summed E-state index contributed by atoms with van der Waals surface area (Å²) >= 11 is 0. The van der Waals surface area contributed by atoms with Crippen LogP contribution in [0.25, 0.3) is 0 Å². The zero-order chi connectivity index (χ0) is 19.8. The van der Waals surface area contributed by atoms with Gasteiger partial charge in [-0.2, -0.15) is 0 Å². The Morgan fingerprint density at radius 2 is 1.96 bits per heavy atom. The Hall–Kier alpha value is -2.04. The lowest BCUT2D eigenvalue weighted by atomic mass is 9.88. The van der Waals surface area contributed by atoms with Crippen molar-refractivity contribution in [3.8, 4) is 0 Å². The first-order chi connectivity index (χ1) is 12.9. The summed E-state index contributed by atoms with van der Waals surface area (Å²) in [6, 6.07) is 4.03. The molecule has 5 nitrogen and oxygen atoms in total. The third kappa shape index (κ3) is 6.26. The quantitative estimate of drug-likeness (QED) is 0.621. The number of amides is 2. The molecule has 5 heteroatoms. The Bertz CT molecular complexity index is 629. The minimum absolute atomic E-state index is 0.0101. The summed E-state index contributed by atoms with van der Waals surface area (Å²) in [5.74, 6) is 0.566. The largest absolute Gasteiger partial charge is 0.353 e. The average Bonchev–Trinajstić information content (AvgIpc) is 3.05. The van der Waals surface area contributed by atoms with E-state index in [-0.39, 0.29) is 24.3 Å². The molecule has 1 saturated carbocycles. The van der Waals surface area contributed by atoms with Crippen molar-refractivity contribution in [2.45, 2.75) is 52.5 Å². The van der Waals surface area contributed by atoms with Crippen LogP contribution in [-0.4, -0.2) is 45.8 Å². The maximum absolute atomic E-state index is 13.1. The molecule has 0 saturated heterocycles. The molecule has 1 aromatic heterocycles. The number of aryl methyl sites for hydroxylation is 1. The summed E-state index contributed by atoms with van der Waals surface area (Å²) in [7, 11) is 1.99. The van der Waals surface area contributed by atoms with E-state index in [2.05, 4.69) is 20.4 Å². The van der Waals surface area contributed by atoms with E-state index in [4.69, 9.17) is 0 Å². The second-order valence-corrected chi connectivity index (χ2v) is 8.12. The zero-order valence-corrected chi connectivity index (χ0v) is 17.2. The molecule has 1 aliphatic rings. The molecule has 1 aromatic rings. The minimum Gasteiger partial charge on any atom is -0.353 e. The van der Waals surface area contributed by atoms with Crippen molar-refractivity contribution in [3.63, 3.8) is 0 Å². The molecule has 0 radical (unpaired) electrons. The molecule has 27 heavy (non-hydrogen) atoms. The second kappa shape index (κ2) is 10.3.